The summed E-state index contributed by atoms with van der Waals surface area (Å²) in [6, 6.07) is 12.6. The van der Waals surface area contributed by atoms with Crippen molar-refractivity contribution in [3.8, 4) is 6.07 Å². The normalized spacial score (nSPS) is 31.7. The molecule has 4 unspecified atom stereocenters. The van der Waals surface area contributed by atoms with E-state index in [-0.39, 0.29) is 29.1 Å². The van der Waals surface area contributed by atoms with Crippen LogP contribution < -0.4 is 5.73 Å². The highest BCUT2D eigenvalue weighted by Gasteiger charge is 2.49. The van der Waals surface area contributed by atoms with E-state index in [2.05, 4.69) is 39.0 Å². The third-order valence-corrected chi connectivity index (χ3v) is 5.64. The van der Waals surface area contributed by atoms with Crippen LogP contribution in [0.25, 0.3) is 0 Å². The summed E-state index contributed by atoms with van der Waals surface area (Å²) in [5.41, 5.74) is 6.81. The Balaban J connectivity index is 2.48. The van der Waals surface area contributed by atoms with E-state index in [9.17, 15) is 10.1 Å². The maximum Gasteiger partial charge on any atom is 0.221 e. The van der Waals surface area contributed by atoms with Gasteiger partial charge in [0.2, 0.25) is 5.91 Å². The molecule has 3 nitrogen and oxygen atoms in total. The van der Waals surface area contributed by atoms with Crippen LogP contribution in [0, 0.1) is 35.0 Å². The Kier molecular flexibility index (Phi) is 4.90. The van der Waals surface area contributed by atoms with E-state index in [0.717, 1.165) is 12.8 Å². The van der Waals surface area contributed by atoms with Crippen LogP contribution in [0.3, 0.4) is 0 Å². The molecular formula is C19H26N2O. The second-order valence-electron chi connectivity index (χ2n) is 7.13. The number of hydrogen-bond donors (Lipinski definition) is 1. The highest BCUT2D eigenvalue weighted by Crippen LogP contribution is 2.51. The molecule has 22 heavy (non-hydrogen) atoms. The number of nitriles is 1. The smallest absolute Gasteiger partial charge is 0.221 e. The van der Waals surface area contributed by atoms with Gasteiger partial charge < -0.3 is 5.73 Å². The van der Waals surface area contributed by atoms with E-state index in [1.165, 1.54) is 5.56 Å². The van der Waals surface area contributed by atoms with Crippen LogP contribution in [0.1, 0.15) is 45.6 Å². The van der Waals surface area contributed by atoms with Crippen LogP contribution in [0.15, 0.2) is 30.3 Å². The predicted octanol–water partition coefficient (Wildman–Crippen LogP) is 3.64. The van der Waals surface area contributed by atoms with Crippen molar-refractivity contribution in [2.45, 2.75) is 45.4 Å². The molecule has 118 valence electrons. The number of benzene rings is 1. The van der Waals surface area contributed by atoms with Crippen LogP contribution in [0.2, 0.25) is 0 Å². The van der Waals surface area contributed by atoms with Crippen LogP contribution in [-0.4, -0.2) is 5.91 Å². The van der Waals surface area contributed by atoms with Gasteiger partial charge in [-0.2, -0.15) is 5.26 Å². The summed E-state index contributed by atoms with van der Waals surface area (Å²) in [7, 11) is 0. The molecule has 1 aliphatic carbocycles. The maximum absolute atomic E-state index is 12.2. The summed E-state index contributed by atoms with van der Waals surface area (Å²) >= 11 is 0. The molecule has 0 bridgehead atoms. The van der Waals surface area contributed by atoms with Gasteiger partial charge in [-0.1, -0.05) is 51.1 Å². The Labute approximate surface area is 133 Å². The van der Waals surface area contributed by atoms with Crippen LogP contribution >= 0.6 is 0 Å². The van der Waals surface area contributed by atoms with E-state index in [4.69, 9.17) is 5.73 Å². The van der Waals surface area contributed by atoms with Crippen molar-refractivity contribution in [1.29, 1.82) is 5.26 Å². The molecule has 0 aliphatic heterocycles. The van der Waals surface area contributed by atoms with Gasteiger partial charge in [-0.05, 0) is 41.6 Å². The largest absolute Gasteiger partial charge is 0.369 e. The first kappa shape index (κ1) is 16.5. The molecule has 1 aromatic carbocycles. The first-order valence-corrected chi connectivity index (χ1v) is 8.13. The van der Waals surface area contributed by atoms with Gasteiger partial charge in [-0.15, -0.1) is 0 Å². The SMILES string of the molecule is CC(C)C1CCC(C)(c2ccccc2)C(CC#N)C1C(N)=O. The summed E-state index contributed by atoms with van der Waals surface area (Å²) < 4.78 is 0. The Hall–Kier alpha value is -1.82. The van der Waals surface area contributed by atoms with E-state index in [0.29, 0.717) is 12.3 Å². The van der Waals surface area contributed by atoms with E-state index in [1.807, 2.05) is 18.2 Å². The molecule has 0 saturated heterocycles. The molecule has 1 fully saturated rings. The van der Waals surface area contributed by atoms with Crippen LogP contribution in [0.5, 0.6) is 0 Å². The van der Waals surface area contributed by atoms with Crippen molar-refractivity contribution in [1.82, 2.24) is 0 Å². The molecule has 3 heteroatoms. The summed E-state index contributed by atoms with van der Waals surface area (Å²) in [4.78, 5) is 12.2. The summed E-state index contributed by atoms with van der Waals surface area (Å²) in [6.07, 6.45) is 2.36. The monoisotopic (exact) mass is 298 g/mol. The Morgan fingerprint density at radius 2 is 2.05 bits per heavy atom. The Morgan fingerprint density at radius 3 is 2.55 bits per heavy atom. The van der Waals surface area contributed by atoms with Gasteiger partial charge in [0, 0.05) is 12.3 Å². The predicted molar refractivity (Wildman–Crippen MR) is 87.8 cm³/mol. The average Bonchev–Trinajstić information content (AvgIpc) is 2.49. The minimum atomic E-state index is -0.249. The molecule has 0 heterocycles. The summed E-state index contributed by atoms with van der Waals surface area (Å²) in [6.45, 7) is 6.49. The first-order chi connectivity index (χ1) is 10.4. The van der Waals surface area contributed by atoms with E-state index < -0.39 is 0 Å². The Morgan fingerprint density at radius 1 is 1.41 bits per heavy atom. The van der Waals surface area contributed by atoms with E-state index >= 15 is 0 Å². The molecule has 0 spiro atoms. The molecule has 1 saturated carbocycles. The molecule has 1 aliphatic rings. The lowest BCUT2D eigenvalue weighted by atomic mass is 9.54. The van der Waals surface area contributed by atoms with Gasteiger partial charge in [0.25, 0.3) is 0 Å². The second kappa shape index (κ2) is 6.52. The van der Waals surface area contributed by atoms with Crippen LogP contribution in [-0.2, 0) is 10.2 Å². The zero-order chi connectivity index (χ0) is 16.3. The number of amides is 1. The molecule has 0 aromatic heterocycles. The lowest BCUT2D eigenvalue weighted by Crippen LogP contribution is -2.50. The zero-order valence-corrected chi connectivity index (χ0v) is 13.8. The fourth-order valence-electron chi connectivity index (χ4n) is 4.31. The van der Waals surface area contributed by atoms with Gasteiger partial charge in [0.15, 0.2) is 0 Å². The standard InChI is InChI=1S/C19H26N2O/c1-13(2)15-9-11-19(3,14-7-5-4-6-8-14)16(10-12-20)17(15)18(21)22/h4-8,13,15-17H,9-11H2,1-3H3,(H2,21,22). The van der Waals surface area contributed by atoms with Gasteiger partial charge in [-0.25, -0.2) is 0 Å². The molecular weight excluding hydrogens is 272 g/mol. The zero-order valence-electron chi connectivity index (χ0n) is 13.8. The van der Waals surface area contributed by atoms with Gasteiger partial charge in [0.1, 0.15) is 0 Å². The lowest BCUT2D eigenvalue weighted by Gasteiger charge is -2.49. The van der Waals surface area contributed by atoms with Crippen molar-refractivity contribution in [3.63, 3.8) is 0 Å². The first-order valence-electron chi connectivity index (χ1n) is 8.13. The van der Waals surface area contributed by atoms with Crippen molar-refractivity contribution < 1.29 is 4.79 Å². The molecule has 4 atom stereocenters. The Bertz CT molecular complexity index is 561. The third kappa shape index (κ3) is 2.88. The van der Waals surface area contributed by atoms with Gasteiger partial charge >= 0.3 is 0 Å². The van der Waals surface area contributed by atoms with Gasteiger partial charge in [0.05, 0.1) is 6.07 Å². The summed E-state index contributed by atoms with van der Waals surface area (Å²) in [5.74, 6) is 0.185. The quantitative estimate of drug-likeness (QED) is 0.922. The number of nitrogens with two attached hydrogens (primary N) is 1. The minimum Gasteiger partial charge on any atom is -0.369 e. The maximum atomic E-state index is 12.2. The van der Waals surface area contributed by atoms with Crippen molar-refractivity contribution in [3.05, 3.63) is 35.9 Å². The number of nitrogens with zero attached hydrogens (tertiary/aromatic N) is 1. The number of hydrogen-bond acceptors (Lipinski definition) is 2. The second-order valence-corrected chi connectivity index (χ2v) is 7.13. The molecule has 1 aromatic rings. The van der Waals surface area contributed by atoms with E-state index in [1.54, 1.807) is 0 Å². The van der Waals surface area contributed by atoms with Crippen molar-refractivity contribution in [2.24, 2.45) is 29.4 Å². The molecule has 0 radical (unpaired) electrons. The number of rotatable bonds is 4. The van der Waals surface area contributed by atoms with Crippen LogP contribution in [0.4, 0.5) is 0 Å². The molecule has 1 amide bonds. The lowest BCUT2D eigenvalue weighted by molar-refractivity contribution is -0.130. The number of carbonyl (C=O) groups excluding carboxylic acids is 1. The van der Waals surface area contributed by atoms with Gasteiger partial charge in [-0.3, -0.25) is 4.79 Å². The topological polar surface area (TPSA) is 66.9 Å². The fourth-order valence-corrected chi connectivity index (χ4v) is 4.31. The number of carbonyl (C=O) groups is 1. The highest BCUT2D eigenvalue weighted by atomic mass is 16.1. The minimum absolute atomic E-state index is 0.0152. The fraction of sp³-hybridized carbons (Fsp3) is 0.579. The third-order valence-electron chi connectivity index (χ3n) is 5.64. The molecule has 2 N–H and O–H groups in total. The average molecular weight is 298 g/mol. The van der Waals surface area contributed by atoms with Crippen molar-refractivity contribution >= 4 is 5.91 Å². The van der Waals surface area contributed by atoms with Crippen molar-refractivity contribution in [2.75, 3.05) is 0 Å². The number of primary amides is 1. The highest BCUT2D eigenvalue weighted by molar-refractivity contribution is 5.78. The molecule has 2 rings (SSSR count). The summed E-state index contributed by atoms with van der Waals surface area (Å²) in [5, 5.41) is 9.32.